The average molecular weight is 294 g/mol. The molecule has 1 saturated carbocycles. The van der Waals surface area contributed by atoms with Crippen LogP contribution in [0.25, 0.3) is 0 Å². The highest BCUT2D eigenvalue weighted by Gasteiger charge is 2.60. The van der Waals surface area contributed by atoms with Gasteiger partial charge in [-0.3, -0.25) is 4.79 Å². The third kappa shape index (κ3) is 2.88. The number of primary amides is 1. The van der Waals surface area contributed by atoms with Crippen molar-refractivity contribution in [2.75, 3.05) is 0 Å². The standard InChI is InChI=1S/C18H18N2O2/c1-2-14(12-16(20)21)8-9-18(22,17(13-19)10-11-17)15-6-4-3-5-7-15/h3-7,12,22H,2,10-11H2,1H3,(H2,20,21)/b14-12-/t18-/m0/s1. The largest absolute Gasteiger partial charge is 0.372 e. The predicted octanol–water partition coefficient (Wildman–Crippen LogP) is 2.00. The SMILES string of the molecule is CC/C(C#C[C@](O)(c1ccccc1)C1(C#N)CC1)=C/C(N)=O. The minimum Gasteiger partial charge on any atom is -0.372 e. The number of rotatable bonds is 4. The minimum absolute atomic E-state index is 0.528. The number of nitrogens with two attached hydrogens (primary N) is 1. The van der Waals surface area contributed by atoms with E-state index in [-0.39, 0.29) is 0 Å². The van der Waals surface area contributed by atoms with E-state index >= 15 is 0 Å². The third-order valence-corrected chi connectivity index (χ3v) is 3.95. The highest BCUT2D eigenvalue weighted by Crippen LogP contribution is 2.57. The number of nitrogens with zero attached hydrogens (tertiary/aromatic N) is 1. The van der Waals surface area contributed by atoms with E-state index in [4.69, 9.17) is 5.73 Å². The van der Waals surface area contributed by atoms with E-state index in [1.54, 1.807) is 24.3 Å². The highest BCUT2D eigenvalue weighted by molar-refractivity contribution is 5.87. The Morgan fingerprint density at radius 1 is 1.45 bits per heavy atom. The van der Waals surface area contributed by atoms with E-state index in [1.165, 1.54) is 6.08 Å². The molecule has 1 aliphatic carbocycles. The zero-order chi connectivity index (χ0) is 16.2. The van der Waals surface area contributed by atoms with Crippen LogP contribution < -0.4 is 5.73 Å². The summed E-state index contributed by atoms with van der Waals surface area (Å²) in [6.45, 7) is 1.85. The molecule has 0 aliphatic heterocycles. The molecule has 112 valence electrons. The first kappa shape index (κ1) is 15.8. The molecule has 0 spiro atoms. The fraction of sp³-hybridized carbons (Fsp3) is 0.333. The summed E-state index contributed by atoms with van der Waals surface area (Å²) < 4.78 is 0. The molecule has 0 saturated heterocycles. The Morgan fingerprint density at radius 3 is 2.55 bits per heavy atom. The summed E-state index contributed by atoms with van der Waals surface area (Å²) in [6, 6.07) is 11.2. The summed E-state index contributed by atoms with van der Waals surface area (Å²) in [4.78, 5) is 11.0. The van der Waals surface area contributed by atoms with Gasteiger partial charge in [0.25, 0.3) is 0 Å². The molecule has 2 rings (SSSR count). The molecule has 1 amide bonds. The van der Waals surface area contributed by atoms with Crippen molar-refractivity contribution in [3.05, 3.63) is 47.5 Å². The Bertz CT molecular complexity index is 700. The van der Waals surface area contributed by atoms with E-state index in [2.05, 4.69) is 17.9 Å². The first-order valence-electron chi connectivity index (χ1n) is 7.20. The summed E-state index contributed by atoms with van der Waals surface area (Å²) in [5.74, 6) is 5.09. The number of nitriles is 1. The van der Waals surface area contributed by atoms with Gasteiger partial charge in [-0.15, -0.1) is 0 Å². The fourth-order valence-corrected chi connectivity index (χ4v) is 2.40. The van der Waals surface area contributed by atoms with E-state index in [0.717, 1.165) is 0 Å². The van der Waals surface area contributed by atoms with Crippen LogP contribution in [0.1, 0.15) is 31.7 Å². The zero-order valence-electron chi connectivity index (χ0n) is 12.5. The van der Waals surface area contributed by atoms with Crippen LogP contribution in [-0.2, 0) is 10.4 Å². The van der Waals surface area contributed by atoms with Gasteiger partial charge in [-0.1, -0.05) is 49.1 Å². The molecule has 0 aromatic heterocycles. The number of aliphatic hydroxyl groups is 1. The number of hydrogen-bond donors (Lipinski definition) is 2. The van der Waals surface area contributed by atoms with Crippen LogP contribution in [0.3, 0.4) is 0 Å². The summed E-state index contributed by atoms with van der Waals surface area (Å²) in [7, 11) is 0. The molecule has 1 aromatic rings. The van der Waals surface area contributed by atoms with Crippen molar-refractivity contribution in [3.63, 3.8) is 0 Å². The quantitative estimate of drug-likeness (QED) is 0.657. The molecule has 0 unspecified atom stereocenters. The molecule has 1 aromatic carbocycles. The topological polar surface area (TPSA) is 87.1 Å². The van der Waals surface area contributed by atoms with Crippen molar-refractivity contribution in [2.24, 2.45) is 11.1 Å². The normalized spacial score (nSPS) is 18.3. The van der Waals surface area contributed by atoms with Gasteiger partial charge in [0, 0.05) is 11.6 Å². The molecule has 1 atom stereocenters. The Balaban J connectivity index is 2.49. The minimum atomic E-state index is -1.55. The monoisotopic (exact) mass is 294 g/mol. The van der Waals surface area contributed by atoms with Crippen molar-refractivity contribution < 1.29 is 9.90 Å². The smallest absolute Gasteiger partial charge is 0.242 e. The fourth-order valence-electron chi connectivity index (χ4n) is 2.40. The number of carbonyl (C=O) groups excluding carboxylic acids is 1. The van der Waals surface area contributed by atoms with Crippen molar-refractivity contribution in [1.29, 1.82) is 5.26 Å². The van der Waals surface area contributed by atoms with Gasteiger partial charge in [0.05, 0.1) is 6.07 Å². The van der Waals surface area contributed by atoms with Gasteiger partial charge in [-0.05, 0) is 24.8 Å². The van der Waals surface area contributed by atoms with E-state index in [0.29, 0.717) is 30.4 Å². The van der Waals surface area contributed by atoms with Crippen LogP contribution in [0.4, 0.5) is 0 Å². The number of hydrogen-bond acceptors (Lipinski definition) is 3. The Kier molecular flexibility index (Phi) is 4.35. The van der Waals surface area contributed by atoms with Gasteiger partial charge in [0.2, 0.25) is 5.91 Å². The lowest BCUT2D eigenvalue weighted by Gasteiger charge is -2.27. The van der Waals surface area contributed by atoms with Crippen LogP contribution in [0.2, 0.25) is 0 Å². The maximum Gasteiger partial charge on any atom is 0.242 e. The van der Waals surface area contributed by atoms with Crippen LogP contribution >= 0.6 is 0 Å². The summed E-state index contributed by atoms with van der Waals surface area (Å²) in [5, 5.41) is 20.6. The molecule has 22 heavy (non-hydrogen) atoms. The molecule has 4 heteroatoms. The zero-order valence-corrected chi connectivity index (χ0v) is 12.5. The molecule has 1 fully saturated rings. The van der Waals surface area contributed by atoms with Gasteiger partial charge in [0.1, 0.15) is 5.41 Å². The molecule has 0 bridgehead atoms. The van der Waals surface area contributed by atoms with Gasteiger partial charge < -0.3 is 10.8 Å². The van der Waals surface area contributed by atoms with Gasteiger partial charge in [-0.25, -0.2) is 0 Å². The number of allylic oxidation sites excluding steroid dienone is 1. The van der Waals surface area contributed by atoms with Crippen molar-refractivity contribution in [2.45, 2.75) is 31.8 Å². The molecular formula is C18H18N2O2. The molecular weight excluding hydrogens is 276 g/mol. The lowest BCUT2D eigenvalue weighted by Crippen LogP contribution is -2.34. The van der Waals surface area contributed by atoms with Crippen LogP contribution in [-0.4, -0.2) is 11.0 Å². The molecule has 4 nitrogen and oxygen atoms in total. The summed E-state index contributed by atoms with van der Waals surface area (Å²) in [5.41, 5.74) is 3.85. The van der Waals surface area contributed by atoms with E-state index < -0.39 is 16.9 Å². The molecule has 0 heterocycles. The first-order valence-corrected chi connectivity index (χ1v) is 7.20. The second-order valence-corrected chi connectivity index (χ2v) is 5.45. The first-order chi connectivity index (χ1) is 10.5. The number of carbonyl (C=O) groups is 1. The molecule has 0 radical (unpaired) electrons. The average Bonchev–Trinajstić information content (AvgIpc) is 3.33. The Morgan fingerprint density at radius 2 is 2.09 bits per heavy atom. The van der Waals surface area contributed by atoms with Gasteiger partial charge >= 0.3 is 0 Å². The van der Waals surface area contributed by atoms with Crippen molar-refractivity contribution in [1.82, 2.24) is 0 Å². The van der Waals surface area contributed by atoms with Gasteiger partial charge in [0.15, 0.2) is 5.60 Å². The Hall–Kier alpha value is -2.56. The van der Waals surface area contributed by atoms with Crippen LogP contribution in [0.15, 0.2) is 42.0 Å². The summed E-state index contributed by atoms with van der Waals surface area (Å²) >= 11 is 0. The molecule has 1 aliphatic rings. The Labute approximate surface area is 130 Å². The third-order valence-electron chi connectivity index (χ3n) is 3.95. The maximum atomic E-state index is 11.1. The van der Waals surface area contributed by atoms with Gasteiger partial charge in [-0.2, -0.15) is 5.26 Å². The second-order valence-electron chi connectivity index (χ2n) is 5.45. The predicted molar refractivity (Wildman–Crippen MR) is 83.0 cm³/mol. The summed E-state index contributed by atoms with van der Waals surface area (Å²) in [6.07, 6.45) is 2.99. The lowest BCUT2D eigenvalue weighted by atomic mass is 9.79. The van der Waals surface area contributed by atoms with Crippen molar-refractivity contribution >= 4 is 5.91 Å². The highest BCUT2D eigenvalue weighted by atomic mass is 16.3. The molecule has 3 N–H and O–H groups in total. The number of benzene rings is 1. The number of amides is 1. The maximum absolute atomic E-state index is 11.1. The van der Waals surface area contributed by atoms with E-state index in [1.807, 2.05) is 13.0 Å². The lowest BCUT2D eigenvalue weighted by molar-refractivity contribution is -0.113. The van der Waals surface area contributed by atoms with Crippen molar-refractivity contribution in [3.8, 4) is 17.9 Å². The second kappa shape index (κ2) is 6.05. The van der Waals surface area contributed by atoms with E-state index in [9.17, 15) is 15.2 Å². The van der Waals surface area contributed by atoms with Crippen LogP contribution in [0, 0.1) is 28.6 Å². The van der Waals surface area contributed by atoms with Crippen LogP contribution in [0.5, 0.6) is 0 Å².